The summed E-state index contributed by atoms with van der Waals surface area (Å²) >= 11 is 0. The Kier molecular flexibility index (Phi) is 3.15. The van der Waals surface area contributed by atoms with E-state index in [1.54, 1.807) is 0 Å². The van der Waals surface area contributed by atoms with Gasteiger partial charge in [0.25, 0.3) is 0 Å². The molecule has 0 aliphatic rings. The largest absolute Gasteiger partial charge is 0.330 e. The lowest BCUT2D eigenvalue weighted by Gasteiger charge is -2.07. The van der Waals surface area contributed by atoms with Crippen LogP contribution >= 0.6 is 0 Å². The molecule has 3 rings (SSSR count). The molecular formula is C17H16N2. The summed E-state index contributed by atoms with van der Waals surface area (Å²) in [4.78, 5) is 4.15. The minimum atomic E-state index is 0.876. The molecule has 94 valence electrons. The molecule has 2 heteroatoms. The lowest BCUT2D eigenvalue weighted by molar-refractivity contribution is 0.770. The first-order chi connectivity index (χ1) is 9.33. The smallest absolute Gasteiger partial charge is 0.0951 e. The molecule has 0 saturated carbocycles. The molecule has 1 aromatic heterocycles. The SMILES string of the molecule is Cc1cncn1Cc1ccc(-c2ccccc2)cc1. The summed E-state index contributed by atoms with van der Waals surface area (Å²) in [6.07, 6.45) is 3.76. The normalized spacial score (nSPS) is 10.6. The Morgan fingerprint density at radius 2 is 1.58 bits per heavy atom. The van der Waals surface area contributed by atoms with Crippen LogP contribution in [0, 0.1) is 6.92 Å². The van der Waals surface area contributed by atoms with E-state index < -0.39 is 0 Å². The molecule has 0 aliphatic heterocycles. The quantitative estimate of drug-likeness (QED) is 0.687. The van der Waals surface area contributed by atoms with Crippen LogP contribution in [0.2, 0.25) is 0 Å². The molecule has 0 spiro atoms. The summed E-state index contributed by atoms with van der Waals surface area (Å²) in [5.74, 6) is 0. The molecular weight excluding hydrogens is 232 g/mol. The van der Waals surface area contributed by atoms with Crippen molar-refractivity contribution in [2.75, 3.05) is 0 Å². The maximum atomic E-state index is 4.15. The second-order valence-electron chi connectivity index (χ2n) is 4.73. The minimum Gasteiger partial charge on any atom is -0.330 e. The summed E-state index contributed by atoms with van der Waals surface area (Å²) in [7, 11) is 0. The third-order valence-electron chi connectivity index (χ3n) is 3.33. The average molecular weight is 248 g/mol. The van der Waals surface area contributed by atoms with Crippen molar-refractivity contribution in [1.82, 2.24) is 9.55 Å². The van der Waals surface area contributed by atoms with E-state index in [0.29, 0.717) is 0 Å². The van der Waals surface area contributed by atoms with E-state index in [4.69, 9.17) is 0 Å². The van der Waals surface area contributed by atoms with Gasteiger partial charge in [0.05, 0.1) is 6.33 Å². The topological polar surface area (TPSA) is 17.8 Å². The Bertz CT molecular complexity index is 651. The van der Waals surface area contributed by atoms with E-state index in [1.807, 2.05) is 18.6 Å². The van der Waals surface area contributed by atoms with Crippen molar-refractivity contribution < 1.29 is 0 Å². The fraction of sp³-hybridized carbons (Fsp3) is 0.118. The summed E-state index contributed by atoms with van der Waals surface area (Å²) in [5.41, 5.74) is 4.99. The zero-order chi connectivity index (χ0) is 13.1. The van der Waals surface area contributed by atoms with Crippen molar-refractivity contribution in [3.63, 3.8) is 0 Å². The van der Waals surface area contributed by atoms with Gasteiger partial charge in [-0.1, -0.05) is 54.6 Å². The highest BCUT2D eigenvalue weighted by Gasteiger charge is 2.00. The number of aryl methyl sites for hydroxylation is 1. The number of nitrogens with zero attached hydrogens (tertiary/aromatic N) is 2. The van der Waals surface area contributed by atoms with Gasteiger partial charge in [0, 0.05) is 18.4 Å². The lowest BCUT2D eigenvalue weighted by Crippen LogP contribution is -1.99. The van der Waals surface area contributed by atoms with E-state index in [2.05, 4.69) is 65.0 Å². The Balaban J connectivity index is 1.82. The number of aromatic nitrogens is 2. The van der Waals surface area contributed by atoms with Crippen molar-refractivity contribution in [3.05, 3.63) is 78.4 Å². The summed E-state index contributed by atoms with van der Waals surface area (Å²) in [6, 6.07) is 19.2. The van der Waals surface area contributed by atoms with Crippen molar-refractivity contribution in [2.24, 2.45) is 0 Å². The third-order valence-corrected chi connectivity index (χ3v) is 3.33. The van der Waals surface area contributed by atoms with Gasteiger partial charge in [0.2, 0.25) is 0 Å². The van der Waals surface area contributed by atoms with Crippen LogP contribution in [0.25, 0.3) is 11.1 Å². The Labute approximate surface area is 113 Å². The molecule has 0 atom stereocenters. The van der Waals surface area contributed by atoms with Gasteiger partial charge in [-0.05, 0) is 23.6 Å². The standard InChI is InChI=1S/C17H16N2/c1-14-11-18-13-19(14)12-15-7-9-17(10-8-15)16-5-3-2-4-6-16/h2-11,13H,12H2,1H3. The zero-order valence-electron chi connectivity index (χ0n) is 11.0. The molecule has 2 nitrogen and oxygen atoms in total. The van der Waals surface area contributed by atoms with Crippen LogP contribution in [-0.2, 0) is 6.54 Å². The molecule has 0 radical (unpaired) electrons. The van der Waals surface area contributed by atoms with E-state index in [9.17, 15) is 0 Å². The Morgan fingerprint density at radius 3 is 2.21 bits per heavy atom. The Hall–Kier alpha value is -2.35. The van der Waals surface area contributed by atoms with Gasteiger partial charge in [-0.25, -0.2) is 4.98 Å². The predicted molar refractivity (Wildman–Crippen MR) is 77.9 cm³/mol. The van der Waals surface area contributed by atoms with Gasteiger partial charge >= 0.3 is 0 Å². The Morgan fingerprint density at radius 1 is 0.895 bits per heavy atom. The van der Waals surface area contributed by atoms with Crippen LogP contribution in [0.5, 0.6) is 0 Å². The second kappa shape index (κ2) is 5.11. The van der Waals surface area contributed by atoms with Crippen LogP contribution < -0.4 is 0 Å². The van der Waals surface area contributed by atoms with Crippen molar-refractivity contribution in [1.29, 1.82) is 0 Å². The van der Waals surface area contributed by atoms with Crippen LogP contribution in [0.3, 0.4) is 0 Å². The minimum absolute atomic E-state index is 0.876. The van der Waals surface area contributed by atoms with Gasteiger partial charge in [-0.3, -0.25) is 0 Å². The predicted octanol–water partition coefficient (Wildman–Crippen LogP) is 3.91. The molecule has 0 N–H and O–H groups in total. The highest BCUT2D eigenvalue weighted by molar-refractivity contribution is 5.63. The molecule has 0 fully saturated rings. The lowest BCUT2D eigenvalue weighted by atomic mass is 10.0. The number of hydrogen-bond acceptors (Lipinski definition) is 1. The van der Waals surface area contributed by atoms with Crippen LogP contribution in [0.1, 0.15) is 11.3 Å². The van der Waals surface area contributed by atoms with Gasteiger partial charge in [0.1, 0.15) is 0 Å². The molecule has 0 aliphatic carbocycles. The summed E-state index contributed by atoms with van der Waals surface area (Å²) < 4.78 is 2.15. The van der Waals surface area contributed by atoms with E-state index in [0.717, 1.165) is 6.54 Å². The van der Waals surface area contributed by atoms with Gasteiger partial charge in [-0.2, -0.15) is 0 Å². The molecule has 0 saturated heterocycles. The molecule has 1 heterocycles. The molecule has 0 bridgehead atoms. The van der Waals surface area contributed by atoms with Gasteiger partial charge in [0.15, 0.2) is 0 Å². The van der Waals surface area contributed by atoms with E-state index in [-0.39, 0.29) is 0 Å². The first-order valence-corrected chi connectivity index (χ1v) is 6.44. The summed E-state index contributed by atoms with van der Waals surface area (Å²) in [5, 5.41) is 0. The molecule has 3 aromatic rings. The molecule has 2 aromatic carbocycles. The average Bonchev–Trinajstić information content (AvgIpc) is 2.86. The highest BCUT2D eigenvalue weighted by Crippen LogP contribution is 2.19. The van der Waals surface area contributed by atoms with Crippen molar-refractivity contribution >= 4 is 0 Å². The van der Waals surface area contributed by atoms with Gasteiger partial charge < -0.3 is 4.57 Å². The van der Waals surface area contributed by atoms with E-state index in [1.165, 1.54) is 22.4 Å². The molecule has 0 amide bonds. The number of rotatable bonds is 3. The fourth-order valence-electron chi connectivity index (χ4n) is 2.18. The molecule has 19 heavy (non-hydrogen) atoms. The monoisotopic (exact) mass is 248 g/mol. The first kappa shape index (κ1) is 11.7. The zero-order valence-corrected chi connectivity index (χ0v) is 11.0. The number of benzene rings is 2. The van der Waals surface area contributed by atoms with Crippen molar-refractivity contribution in [2.45, 2.75) is 13.5 Å². The summed E-state index contributed by atoms with van der Waals surface area (Å²) in [6.45, 7) is 2.95. The molecule has 0 unspecified atom stereocenters. The van der Waals surface area contributed by atoms with Crippen LogP contribution in [-0.4, -0.2) is 9.55 Å². The number of hydrogen-bond donors (Lipinski definition) is 0. The second-order valence-corrected chi connectivity index (χ2v) is 4.73. The van der Waals surface area contributed by atoms with Crippen LogP contribution in [0.4, 0.5) is 0 Å². The van der Waals surface area contributed by atoms with Gasteiger partial charge in [-0.15, -0.1) is 0 Å². The van der Waals surface area contributed by atoms with Crippen molar-refractivity contribution in [3.8, 4) is 11.1 Å². The number of imidazole rings is 1. The fourth-order valence-corrected chi connectivity index (χ4v) is 2.18. The third kappa shape index (κ3) is 2.58. The maximum absolute atomic E-state index is 4.15. The van der Waals surface area contributed by atoms with Crippen LogP contribution in [0.15, 0.2) is 67.1 Å². The first-order valence-electron chi connectivity index (χ1n) is 6.44. The highest BCUT2D eigenvalue weighted by atomic mass is 15.0. The van der Waals surface area contributed by atoms with E-state index >= 15 is 0 Å². The maximum Gasteiger partial charge on any atom is 0.0951 e.